The van der Waals surface area contributed by atoms with Crippen LogP contribution in [0.3, 0.4) is 0 Å². The van der Waals surface area contributed by atoms with Crippen molar-refractivity contribution in [2.45, 2.75) is 54.7 Å². The molecule has 0 aliphatic carbocycles. The molecule has 12 heteroatoms. The van der Waals surface area contributed by atoms with E-state index in [1.54, 1.807) is 0 Å². The molecule has 0 aromatic heterocycles. The van der Waals surface area contributed by atoms with Gasteiger partial charge in [0.05, 0.1) is 33.0 Å². The van der Waals surface area contributed by atoms with E-state index < -0.39 is 68.0 Å². The van der Waals surface area contributed by atoms with Crippen LogP contribution in [0.25, 0.3) is 0 Å². The molecule has 154 valence electrons. The summed E-state index contributed by atoms with van der Waals surface area (Å²) < 4.78 is 20.9. The molecule has 2 fully saturated rings. The standard InChI is InChI=1S/C14H27NO11/c15-14(4-16,5-17)25-3-7-10(20)11(21)8(2-23-7)26-13-12(22)9(19)6(18)1-24-13/h6-13,16-22H,1-5,15H2/t6-,7+,8-,9+,10+,11+,12-,13+/m1/s1. The first-order valence-corrected chi connectivity index (χ1v) is 8.16. The van der Waals surface area contributed by atoms with E-state index >= 15 is 0 Å². The molecule has 0 aromatic rings. The molecule has 26 heavy (non-hydrogen) atoms. The van der Waals surface area contributed by atoms with Crippen molar-refractivity contribution in [2.75, 3.05) is 33.0 Å². The summed E-state index contributed by atoms with van der Waals surface area (Å²) in [6, 6.07) is 0. The molecule has 12 nitrogen and oxygen atoms in total. The summed E-state index contributed by atoms with van der Waals surface area (Å²) in [7, 11) is 0. The maximum Gasteiger partial charge on any atom is 0.186 e. The summed E-state index contributed by atoms with van der Waals surface area (Å²) in [5, 5.41) is 67.3. The van der Waals surface area contributed by atoms with Crippen LogP contribution >= 0.6 is 0 Å². The van der Waals surface area contributed by atoms with Crippen LogP contribution in [0.1, 0.15) is 0 Å². The Morgan fingerprint density at radius 3 is 2.15 bits per heavy atom. The van der Waals surface area contributed by atoms with Crippen LogP contribution in [0, 0.1) is 0 Å². The van der Waals surface area contributed by atoms with Crippen LogP contribution < -0.4 is 5.73 Å². The molecule has 2 saturated heterocycles. The Morgan fingerprint density at radius 2 is 1.54 bits per heavy atom. The fraction of sp³-hybridized carbons (Fsp3) is 1.00. The van der Waals surface area contributed by atoms with Crippen molar-refractivity contribution >= 4 is 0 Å². The zero-order valence-electron chi connectivity index (χ0n) is 14.0. The summed E-state index contributed by atoms with van der Waals surface area (Å²) >= 11 is 0. The van der Waals surface area contributed by atoms with E-state index in [0.29, 0.717) is 0 Å². The number of nitrogens with two attached hydrogens (primary N) is 1. The summed E-state index contributed by atoms with van der Waals surface area (Å²) in [5.41, 5.74) is 3.84. The number of rotatable bonds is 7. The average Bonchev–Trinajstić information content (AvgIpc) is 2.64. The topological polar surface area (TPSA) is 205 Å². The fourth-order valence-corrected chi connectivity index (χ4v) is 2.58. The molecule has 2 aliphatic rings. The van der Waals surface area contributed by atoms with Gasteiger partial charge in [-0.25, -0.2) is 0 Å². The number of hydrogen-bond acceptors (Lipinski definition) is 12. The minimum absolute atomic E-state index is 0.201. The predicted molar refractivity (Wildman–Crippen MR) is 81.4 cm³/mol. The van der Waals surface area contributed by atoms with Crippen molar-refractivity contribution in [1.82, 2.24) is 0 Å². The second-order valence-corrected chi connectivity index (χ2v) is 6.47. The average molecular weight is 385 g/mol. The molecule has 0 saturated carbocycles. The van der Waals surface area contributed by atoms with E-state index in [-0.39, 0.29) is 19.8 Å². The lowest BCUT2D eigenvalue weighted by Crippen LogP contribution is -2.60. The Balaban J connectivity index is 1.88. The summed E-state index contributed by atoms with van der Waals surface area (Å²) in [4.78, 5) is 0. The highest BCUT2D eigenvalue weighted by molar-refractivity contribution is 4.90. The van der Waals surface area contributed by atoms with E-state index in [4.69, 9.17) is 34.9 Å². The fourth-order valence-electron chi connectivity index (χ4n) is 2.58. The van der Waals surface area contributed by atoms with Crippen molar-refractivity contribution in [3.05, 3.63) is 0 Å². The Kier molecular flexibility index (Phi) is 7.67. The van der Waals surface area contributed by atoms with Crippen molar-refractivity contribution in [1.29, 1.82) is 0 Å². The minimum atomic E-state index is -1.71. The third kappa shape index (κ3) is 4.86. The first-order valence-electron chi connectivity index (χ1n) is 8.16. The van der Waals surface area contributed by atoms with Gasteiger partial charge in [-0.05, 0) is 0 Å². The molecule has 0 aromatic carbocycles. The molecule has 8 atom stereocenters. The van der Waals surface area contributed by atoms with E-state index in [9.17, 15) is 25.5 Å². The molecule has 0 unspecified atom stereocenters. The van der Waals surface area contributed by atoms with Crippen molar-refractivity contribution in [2.24, 2.45) is 5.73 Å². The molecule has 0 spiro atoms. The van der Waals surface area contributed by atoms with Crippen molar-refractivity contribution in [3.63, 3.8) is 0 Å². The molecule has 0 radical (unpaired) electrons. The summed E-state index contributed by atoms with van der Waals surface area (Å²) in [6.45, 7) is -2.10. The molecule has 2 heterocycles. The van der Waals surface area contributed by atoms with Crippen molar-refractivity contribution in [3.8, 4) is 0 Å². The zero-order chi connectivity index (χ0) is 19.5. The largest absolute Gasteiger partial charge is 0.392 e. The Hall–Kier alpha value is -0.480. The van der Waals surface area contributed by atoms with Crippen LogP contribution in [0.5, 0.6) is 0 Å². The molecule has 2 aliphatic heterocycles. The smallest absolute Gasteiger partial charge is 0.186 e. The highest BCUT2D eigenvalue weighted by Gasteiger charge is 2.45. The quantitative estimate of drug-likeness (QED) is 0.193. The van der Waals surface area contributed by atoms with E-state index in [0.717, 1.165) is 0 Å². The van der Waals surface area contributed by atoms with Gasteiger partial charge >= 0.3 is 0 Å². The van der Waals surface area contributed by atoms with Crippen LogP contribution in [0.15, 0.2) is 0 Å². The van der Waals surface area contributed by atoms with Crippen molar-refractivity contribution < 1.29 is 54.7 Å². The Morgan fingerprint density at radius 1 is 0.885 bits per heavy atom. The summed E-state index contributed by atoms with van der Waals surface area (Å²) in [5.74, 6) is 0. The van der Waals surface area contributed by atoms with Gasteiger partial charge in [-0.1, -0.05) is 0 Å². The maximum atomic E-state index is 10.2. The van der Waals surface area contributed by atoms with Gasteiger partial charge in [0.2, 0.25) is 0 Å². The second-order valence-electron chi connectivity index (χ2n) is 6.47. The second kappa shape index (κ2) is 9.14. The van der Waals surface area contributed by atoms with E-state index in [1.165, 1.54) is 0 Å². The normalized spacial score (nSPS) is 42.0. The van der Waals surface area contributed by atoms with Crippen LogP contribution in [-0.2, 0) is 18.9 Å². The lowest BCUT2D eigenvalue weighted by molar-refractivity contribution is -0.312. The van der Waals surface area contributed by atoms with Gasteiger partial charge in [0.15, 0.2) is 12.0 Å². The van der Waals surface area contributed by atoms with Gasteiger partial charge < -0.3 is 54.7 Å². The number of hydrogen-bond donors (Lipinski definition) is 8. The minimum Gasteiger partial charge on any atom is -0.392 e. The van der Waals surface area contributed by atoms with Gasteiger partial charge in [-0.15, -0.1) is 0 Å². The first kappa shape index (κ1) is 21.8. The third-order valence-electron chi connectivity index (χ3n) is 4.42. The highest BCUT2D eigenvalue weighted by atomic mass is 16.7. The van der Waals surface area contributed by atoms with Gasteiger partial charge in [0.25, 0.3) is 0 Å². The predicted octanol–water partition coefficient (Wildman–Crippen LogP) is -5.41. The maximum absolute atomic E-state index is 10.2. The van der Waals surface area contributed by atoms with Gasteiger partial charge in [-0.2, -0.15) is 0 Å². The van der Waals surface area contributed by atoms with Crippen LogP contribution in [0.2, 0.25) is 0 Å². The van der Waals surface area contributed by atoms with Gasteiger partial charge in [-0.3, -0.25) is 5.73 Å². The lowest BCUT2D eigenvalue weighted by atomic mass is 9.99. The van der Waals surface area contributed by atoms with E-state index in [2.05, 4.69) is 0 Å². The molecule has 0 amide bonds. The molecule has 9 N–H and O–H groups in total. The lowest BCUT2D eigenvalue weighted by Gasteiger charge is -2.42. The Bertz CT molecular complexity index is 437. The molecule has 2 rings (SSSR count). The number of aliphatic hydroxyl groups excluding tert-OH is 7. The number of ether oxygens (including phenoxy) is 4. The van der Waals surface area contributed by atoms with Gasteiger partial charge in [0, 0.05) is 0 Å². The zero-order valence-corrected chi connectivity index (χ0v) is 14.0. The van der Waals surface area contributed by atoms with Gasteiger partial charge in [0.1, 0.15) is 42.7 Å². The SMILES string of the molecule is NC(CO)(CO)OC[C@@H]1OC[C@@H](O[C@@H]2OC[C@@H](O)[C@H](O)[C@H]2O)[C@H](O)[C@H]1O. The highest BCUT2D eigenvalue weighted by Crippen LogP contribution is 2.24. The molecular weight excluding hydrogens is 358 g/mol. The van der Waals surface area contributed by atoms with Crippen LogP contribution in [0.4, 0.5) is 0 Å². The first-order chi connectivity index (χ1) is 12.2. The Labute approximate surface area is 149 Å². The third-order valence-corrected chi connectivity index (χ3v) is 4.42. The number of aliphatic hydroxyl groups is 7. The van der Waals surface area contributed by atoms with Crippen LogP contribution in [-0.4, -0.2) is 124 Å². The van der Waals surface area contributed by atoms with E-state index in [1.807, 2.05) is 0 Å². The summed E-state index contributed by atoms with van der Waals surface area (Å²) in [6.07, 6.45) is -10.6. The molecule has 0 bridgehead atoms. The monoisotopic (exact) mass is 385 g/mol. The molecular formula is C14H27NO11.